The molecule has 5 heteroatoms. The smallest absolute Gasteiger partial charge is 0.225 e. The second kappa shape index (κ2) is 8.52. The molecule has 0 aromatic heterocycles. The van der Waals surface area contributed by atoms with Gasteiger partial charge in [0.15, 0.2) is 0 Å². The summed E-state index contributed by atoms with van der Waals surface area (Å²) in [6.45, 7) is 6.15. The van der Waals surface area contributed by atoms with Crippen molar-refractivity contribution in [2.75, 3.05) is 38.3 Å². The molecule has 5 nitrogen and oxygen atoms in total. The molecule has 0 saturated heterocycles. The maximum Gasteiger partial charge on any atom is 0.225 e. The predicted octanol–water partition coefficient (Wildman–Crippen LogP) is 2.58. The molecular formula is C16H27N3O2. The van der Waals surface area contributed by atoms with Crippen molar-refractivity contribution >= 4 is 17.3 Å². The Morgan fingerprint density at radius 3 is 2.76 bits per heavy atom. The van der Waals surface area contributed by atoms with E-state index < -0.39 is 0 Å². The lowest BCUT2D eigenvalue weighted by Gasteiger charge is -2.20. The summed E-state index contributed by atoms with van der Waals surface area (Å²) >= 11 is 0. The molecule has 1 aromatic rings. The zero-order valence-corrected chi connectivity index (χ0v) is 13.5. The molecule has 0 aliphatic rings. The second-order valence-corrected chi connectivity index (χ2v) is 5.53. The SMILES string of the molecule is CCC(C)CN(C)CCC(=O)Nc1ccc(OC)cc1N. The molecule has 1 atom stereocenters. The Morgan fingerprint density at radius 1 is 1.48 bits per heavy atom. The number of nitrogens with zero attached hydrogens (tertiary/aromatic N) is 1. The van der Waals surface area contributed by atoms with E-state index in [0.717, 1.165) is 19.5 Å². The van der Waals surface area contributed by atoms with Crippen LogP contribution in [0.15, 0.2) is 18.2 Å². The third-order valence-electron chi connectivity index (χ3n) is 3.57. The Bertz CT molecular complexity index is 463. The molecular weight excluding hydrogens is 266 g/mol. The first-order valence-corrected chi connectivity index (χ1v) is 7.38. The molecule has 0 fully saturated rings. The first-order valence-electron chi connectivity index (χ1n) is 7.38. The molecule has 1 aromatic carbocycles. The van der Waals surface area contributed by atoms with Crippen LogP contribution >= 0.6 is 0 Å². The van der Waals surface area contributed by atoms with Gasteiger partial charge in [-0.1, -0.05) is 20.3 Å². The fraction of sp³-hybridized carbons (Fsp3) is 0.562. The van der Waals surface area contributed by atoms with Gasteiger partial charge in [0.1, 0.15) is 5.75 Å². The van der Waals surface area contributed by atoms with E-state index in [2.05, 4.69) is 24.1 Å². The van der Waals surface area contributed by atoms with Crippen LogP contribution < -0.4 is 15.8 Å². The largest absolute Gasteiger partial charge is 0.497 e. The lowest BCUT2D eigenvalue weighted by molar-refractivity contribution is -0.116. The Labute approximate surface area is 127 Å². The summed E-state index contributed by atoms with van der Waals surface area (Å²) < 4.78 is 5.08. The molecule has 118 valence electrons. The van der Waals surface area contributed by atoms with Crippen LogP contribution in [0.2, 0.25) is 0 Å². The standard InChI is InChI=1S/C16H27N3O2/c1-5-12(2)11-19(3)9-8-16(20)18-15-7-6-13(21-4)10-14(15)17/h6-7,10,12H,5,8-9,11,17H2,1-4H3,(H,18,20). The van der Waals surface area contributed by atoms with Gasteiger partial charge >= 0.3 is 0 Å². The highest BCUT2D eigenvalue weighted by molar-refractivity contribution is 5.94. The van der Waals surface area contributed by atoms with E-state index in [1.54, 1.807) is 25.3 Å². The number of amides is 1. The fourth-order valence-corrected chi connectivity index (χ4v) is 2.04. The van der Waals surface area contributed by atoms with E-state index >= 15 is 0 Å². The summed E-state index contributed by atoms with van der Waals surface area (Å²) in [5.74, 6) is 1.30. The van der Waals surface area contributed by atoms with Crippen LogP contribution in [-0.2, 0) is 4.79 Å². The number of hydrogen-bond donors (Lipinski definition) is 2. The van der Waals surface area contributed by atoms with Gasteiger partial charge in [-0.15, -0.1) is 0 Å². The topological polar surface area (TPSA) is 67.6 Å². The van der Waals surface area contributed by atoms with E-state index in [4.69, 9.17) is 10.5 Å². The van der Waals surface area contributed by atoms with Crippen LogP contribution in [0.1, 0.15) is 26.7 Å². The van der Waals surface area contributed by atoms with Gasteiger partial charge in [0.05, 0.1) is 18.5 Å². The highest BCUT2D eigenvalue weighted by Gasteiger charge is 2.09. The average Bonchev–Trinajstić information content (AvgIpc) is 2.47. The Balaban J connectivity index is 2.43. The number of carbonyl (C=O) groups excluding carboxylic acids is 1. The molecule has 0 aliphatic heterocycles. The zero-order valence-electron chi connectivity index (χ0n) is 13.5. The molecule has 0 aliphatic carbocycles. The van der Waals surface area contributed by atoms with Gasteiger partial charge in [-0.25, -0.2) is 0 Å². The van der Waals surface area contributed by atoms with Crippen molar-refractivity contribution in [2.24, 2.45) is 5.92 Å². The maximum absolute atomic E-state index is 12.0. The van der Waals surface area contributed by atoms with Crippen molar-refractivity contribution < 1.29 is 9.53 Å². The summed E-state index contributed by atoms with van der Waals surface area (Å²) in [4.78, 5) is 14.1. The molecule has 0 saturated carbocycles. The first kappa shape index (κ1) is 17.3. The third-order valence-corrected chi connectivity index (χ3v) is 3.57. The molecule has 0 bridgehead atoms. The summed E-state index contributed by atoms with van der Waals surface area (Å²) in [5.41, 5.74) is 7.02. The van der Waals surface area contributed by atoms with Crippen LogP contribution in [0.5, 0.6) is 5.75 Å². The van der Waals surface area contributed by atoms with Crippen molar-refractivity contribution in [1.82, 2.24) is 4.90 Å². The van der Waals surface area contributed by atoms with Crippen molar-refractivity contribution in [3.63, 3.8) is 0 Å². The fourth-order valence-electron chi connectivity index (χ4n) is 2.04. The summed E-state index contributed by atoms with van der Waals surface area (Å²) in [6.07, 6.45) is 1.61. The minimum Gasteiger partial charge on any atom is -0.497 e. The normalized spacial score (nSPS) is 12.2. The summed E-state index contributed by atoms with van der Waals surface area (Å²) in [6, 6.07) is 5.24. The number of hydrogen-bond acceptors (Lipinski definition) is 4. The predicted molar refractivity (Wildman–Crippen MR) is 87.6 cm³/mol. The van der Waals surface area contributed by atoms with Gasteiger partial charge in [0.25, 0.3) is 0 Å². The van der Waals surface area contributed by atoms with Crippen LogP contribution in [0.4, 0.5) is 11.4 Å². The van der Waals surface area contributed by atoms with Crippen molar-refractivity contribution in [2.45, 2.75) is 26.7 Å². The minimum absolute atomic E-state index is 0.0251. The van der Waals surface area contributed by atoms with Gasteiger partial charge < -0.3 is 20.7 Å². The molecule has 1 amide bonds. The van der Waals surface area contributed by atoms with Crippen LogP contribution in [0, 0.1) is 5.92 Å². The van der Waals surface area contributed by atoms with E-state index in [1.165, 1.54) is 0 Å². The molecule has 0 radical (unpaired) electrons. The number of methoxy groups -OCH3 is 1. The zero-order chi connectivity index (χ0) is 15.8. The second-order valence-electron chi connectivity index (χ2n) is 5.53. The number of benzene rings is 1. The highest BCUT2D eigenvalue weighted by atomic mass is 16.5. The number of nitrogens with two attached hydrogens (primary N) is 1. The Hall–Kier alpha value is -1.75. The van der Waals surface area contributed by atoms with E-state index in [-0.39, 0.29) is 5.91 Å². The highest BCUT2D eigenvalue weighted by Crippen LogP contribution is 2.24. The number of ether oxygens (including phenoxy) is 1. The van der Waals surface area contributed by atoms with Gasteiger partial charge in [-0.2, -0.15) is 0 Å². The first-order chi connectivity index (χ1) is 9.96. The molecule has 1 rings (SSSR count). The van der Waals surface area contributed by atoms with Gasteiger partial charge in [0, 0.05) is 25.6 Å². The van der Waals surface area contributed by atoms with E-state index in [0.29, 0.717) is 29.5 Å². The molecule has 1 unspecified atom stereocenters. The summed E-state index contributed by atoms with van der Waals surface area (Å²) in [5, 5.41) is 2.84. The van der Waals surface area contributed by atoms with E-state index in [9.17, 15) is 4.79 Å². The third kappa shape index (κ3) is 6.04. The van der Waals surface area contributed by atoms with Crippen molar-refractivity contribution in [3.05, 3.63) is 18.2 Å². The lowest BCUT2D eigenvalue weighted by atomic mass is 10.1. The van der Waals surface area contributed by atoms with Gasteiger partial charge in [-0.3, -0.25) is 4.79 Å². The minimum atomic E-state index is -0.0251. The molecule has 0 heterocycles. The van der Waals surface area contributed by atoms with Gasteiger partial charge in [0.2, 0.25) is 5.91 Å². The number of rotatable bonds is 8. The van der Waals surface area contributed by atoms with E-state index in [1.807, 2.05) is 7.05 Å². The Kier molecular flexibility index (Phi) is 7.02. The van der Waals surface area contributed by atoms with Crippen molar-refractivity contribution in [3.8, 4) is 5.75 Å². The molecule has 3 N–H and O–H groups in total. The monoisotopic (exact) mass is 293 g/mol. The van der Waals surface area contributed by atoms with Crippen LogP contribution in [-0.4, -0.2) is 38.1 Å². The number of carbonyl (C=O) groups is 1. The molecule has 21 heavy (non-hydrogen) atoms. The van der Waals surface area contributed by atoms with Crippen LogP contribution in [0.25, 0.3) is 0 Å². The Morgan fingerprint density at radius 2 is 2.19 bits per heavy atom. The lowest BCUT2D eigenvalue weighted by Crippen LogP contribution is -2.28. The quantitative estimate of drug-likeness (QED) is 0.723. The maximum atomic E-state index is 12.0. The number of nitrogens with one attached hydrogen (secondary N) is 1. The van der Waals surface area contributed by atoms with Crippen LogP contribution in [0.3, 0.4) is 0 Å². The summed E-state index contributed by atoms with van der Waals surface area (Å²) in [7, 11) is 3.63. The van der Waals surface area contributed by atoms with Crippen molar-refractivity contribution in [1.29, 1.82) is 0 Å². The molecule has 0 spiro atoms. The average molecular weight is 293 g/mol. The number of nitrogen functional groups attached to an aromatic ring is 1. The number of anilines is 2. The van der Waals surface area contributed by atoms with Gasteiger partial charge in [-0.05, 0) is 25.1 Å².